The summed E-state index contributed by atoms with van der Waals surface area (Å²) in [6, 6.07) is 48.9. The van der Waals surface area contributed by atoms with Gasteiger partial charge in [-0.15, -0.1) is 0 Å². The average molecular weight is 789 g/mol. The Balaban J connectivity index is 1.24. The van der Waals surface area contributed by atoms with Crippen molar-refractivity contribution in [3.8, 4) is 0 Å². The molecule has 4 bridgehead atoms. The second-order valence-electron chi connectivity index (χ2n) is 15.9. The molecule has 0 fully saturated rings. The first-order valence-corrected chi connectivity index (χ1v) is 21.6. The van der Waals surface area contributed by atoms with E-state index in [1.807, 2.05) is 78.9 Å². The molecule has 6 heterocycles. The van der Waals surface area contributed by atoms with Crippen LogP contribution in [0.15, 0.2) is 176 Å². The van der Waals surface area contributed by atoms with E-state index >= 15 is 0 Å². The number of aliphatic hydroxyl groups excluding tert-OH is 1. The normalized spacial score (nSPS) is 19.5. The Morgan fingerprint density at radius 2 is 0.800 bits per heavy atom. The standard InChI is InChI=1S/C49H28N8O2Si/c50-42-34-18-26-10-2-6-14-30(26)22-38(34)46-54-44-36-20-28-12-4-5-13-29(28)21-37(36)45(52-44)55-48-40-24-32-16-8-7-15-31(32)23-39(40)47-53-43-35-19-27-11-3-1-9-25(27)17-33(35)41(51-43)49(58)60(59,56(42)46)57(47)48/h1-24,58-59H,50H2/b49-41-,53-47?,54-44-,55-48?. The number of aliphatic imine (C=N–C) groups is 3. The average Bonchev–Trinajstić information content (AvgIpc) is 3.97. The van der Waals surface area contributed by atoms with Gasteiger partial charge in [0.25, 0.3) is 0 Å². The lowest BCUT2D eigenvalue weighted by Crippen LogP contribution is -2.62. The third kappa shape index (κ3) is 3.97. The van der Waals surface area contributed by atoms with E-state index in [1.54, 1.807) is 8.47 Å². The Morgan fingerprint density at radius 1 is 0.417 bits per heavy atom. The molecule has 4 N–H and O–H groups in total. The van der Waals surface area contributed by atoms with E-state index < -0.39 is 8.64 Å². The van der Waals surface area contributed by atoms with Gasteiger partial charge in [-0.2, -0.15) is 0 Å². The SMILES string of the molecule is Nc1c2cc3ccccc3cc2c2n1[Si]1(O)/C(O)=C3\N=C(N=c4c5cc6ccccc6cc5c(n41)=NC1=N/C(=N\2)c2cc4ccccc4cc21)c1cc2ccccc2cc13. The predicted octanol–water partition coefficient (Wildman–Crippen LogP) is 8.45. The quantitative estimate of drug-likeness (QED) is 0.133. The maximum Gasteiger partial charge on any atom is 0.503 e. The molecule has 1 unspecified atom stereocenters. The van der Waals surface area contributed by atoms with Gasteiger partial charge in [0.2, 0.25) is 0 Å². The molecule has 0 radical (unpaired) electrons. The smallest absolute Gasteiger partial charge is 0.503 e. The molecule has 8 aromatic carbocycles. The number of fused-ring (bicyclic) bond motifs is 19. The largest absolute Gasteiger partial charge is 0.509 e. The number of aliphatic hydroxyl groups is 1. The van der Waals surface area contributed by atoms with E-state index in [2.05, 4.69) is 66.7 Å². The van der Waals surface area contributed by atoms with E-state index in [0.717, 1.165) is 70.6 Å². The molecule has 0 aliphatic carbocycles. The van der Waals surface area contributed by atoms with Crippen molar-refractivity contribution in [3.63, 3.8) is 0 Å². The van der Waals surface area contributed by atoms with Crippen LogP contribution in [0.1, 0.15) is 22.3 Å². The molecule has 10 aromatic rings. The van der Waals surface area contributed by atoms with Crippen LogP contribution in [0.5, 0.6) is 0 Å². The Morgan fingerprint density at radius 3 is 1.30 bits per heavy atom. The minimum Gasteiger partial charge on any atom is -0.509 e. The fraction of sp³-hybridized carbons (Fsp3) is 0. The molecule has 10 nitrogen and oxygen atoms in total. The molecular weight excluding hydrogens is 761 g/mol. The summed E-state index contributed by atoms with van der Waals surface area (Å²) in [4.78, 5) is 40.8. The van der Waals surface area contributed by atoms with Crippen molar-refractivity contribution < 1.29 is 9.90 Å². The van der Waals surface area contributed by atoms with Crippen LogP contribution < -0.4 is 16.7 Å². The van der Waals surface area contributed by atoms with Crippen molar-refractivity contribution in [2.24, 2.45) is 25.0 Å². The molecule has 11 heteroatoms. The summed E-state index contributed by atoms with van der Waals surface area (Å²) in [5.74, 6) is 1.88. The minimum absolute atomic E-state index is 0.232. The molecule has 14 rings (SSSR count). The molecule has 280 valence electrons. The summed E-state index contributed by atoms with van der Waals surface area (Å²) in [5, 5.41) is 23.8. The van der Waals surface area contributed by atoms with Crippen molar-refractivity contribution in [2.45, 2.75) is 0 Å². The summed E-state index contributed by atoms with van der Waals surface area (Å²) < 4.78 is 3.40. The van der Waals surface area contributed by atoms with Gasteiger partial charge in [-0.1, -0.05) is 97.1 Å². The Hall–Kier alpha value is -7.99. The maximum absolute atomic E-state index is 14.4. The third-order valence-electron chi connectivity index (χ3n) is 12.6. The van der Waals surface area contributed by atoms with Gasteiger partial charge in [-0.05, 0) is 91.6 Å². The maximum atomic E-state index is 14.4. The van der Waals surface area contributed by atoms with Crippen molar-refractivity contribution in [2.75, 3.05) is 5.73 Å². The van der Waals surface area contributed by atoms with Crippen LogP contribution in [0.4, 0.5) is 11.6 Å². The van der Waals surface area contributed by atoms with Crippen LogP contribution >= 0.6 is 0 Å². The minimum atomic E-state index is -4.88. The van der Waals surface area contributed by atoms with Crippen molar-refractivity contribution >= 4 is 108 Å². The summed E-state index contributed by atoms with van der Waals surface area (Å²) in [5.41, 5.74) is 11.4. The predicted molar refractivity (Wildman–Crippen MR) is 241 cm³/mol. The van der Waals surface area contributed by atoms with Crippen LogP contribution in [-0.2, 0) is 0 Å². The van der Waals surface area contributed by atoms with Gasteiger partial charge in [0.05, 0.1) is 0 Å². The van der Waals surface area contributed by atoms with Gasteiger partial charge in [0.1, 0.15) is 28.3 Å². The van der Waals surface area contributed by atoms with Gasteiger partial charge in [0.15, 0.2) is 22.9 Å². The number of rotatable bonds is 0. The van der Waals surface area contributed by atoms with Gasteiger partial charge in [-0.25, -0.2) is 25.0 Å². The first kappa shape index (κ1) is 32.0. The van der Waals surface area contributed by atoms with Crippen LogP contribution in [0.25, 0.3) is 70.3 Å². The third-order valence-corrected chi connectivity index (χ3v) is 15.6. The van der Waals surface area contributed by atoms with E-state index in [0.29, 0.717) is 50.6 Å². The number of anilines is 1. The first-order chi connectivity index (χ1) is 29.4. The monoisotopic (exact) mass is 788 g/mol. The number of benzene rings is 8. The van der Waals surface area contributed by atoms with Crippen LogP contribution in [0.3, 0.4) is 0 Å². The van der Waals surface area contributed by atoms with Gasteiger partial charge < -0.3 is 15.6 Å². The number of nitrogen functional groups attached to an aromatic ring is 1. The molecule has 0 amide bonds. The summed E-state index contributed by atoms with van der Waals surface area (Å²) in [6.07, 6.45) is 0. The van der Waals surface area contributed by atoms with Gasteiger partial charge in [0, 0.05) is 43.8 Å². The van der Waals surface area contributed by atoms with Gasteiger partial charge in [-0.3, -0.25) is 8.47 Å². The number of amidine groups is 3. The van der Waals surface area contributed by atoms with E-state index in [-0.39, 0.29) is 16.9 Å². The highest BCUT2D eigenvalue weighted by Gasteiger charge is 2.53. The Labute approximate surface area is 340 Å². The lowest BCUT2D eigenvalue weighted by atomic mass is 10.0. The fourth-order valence-corrected chi connectivity index (χ4v) is 12.8. The zero-order valence-electron chi connectivity index (χ0n) is 31.5. The van der Waals surface area contributed by atoms with Crippen LogP contribution in [0.2, 0.25) is 0 Å². The summed E-state index contributed by atoms with van der Waals surface area (Å²) in [6.45, 7) is 0. The molecule has 0 spiro atoms. The highest BCUT2D eigenvalue weighted by Crippen LogP contribution is 2.44. The number of nitrogens with two attached hydrogens (primary N) is 1. The Kier molecular flexibility index (Phi) is 5.83. The van der Waals surface area contributed by atoms with Crippen molar-refractivity contribution in [3.05, 3.63) is 184 Å². The van der Waals surface area contributed by atoms with Gasteiger partial charge >= 0.3 is 8.64 Å². The van der Waals surface area contributed by atoms with E-state index in [4.69, 9.17) is 30.7 Å². The second-order valence-corrected chi connectivity index (χ2v) is 18.5. The van der Waals surface area contributed by atoms with E-state index in [9.17, 15) is 9.90 Å². The lowest BCUT2D eigenvalue weighted by molar-refractivity contribution is 0.390. The van der Waals surface area contributed by atoms with Crippen molar-refractivity contribution in [1.29, 1.82) is 0 Å². The molecule has 4 aliphatic heterocycles. The molecule has 0 saturated carbocycles. The molecule has 4 aliphatic rings. The summed E-state index contributed by atoms with van der Waals surface area (Å²) in [7, 11) is -4.88. The number of nitrogens with zero attached hydrogens (tertiary/aromatic N) is 7. The Bertz CT molecular complexity index is 4010. The topological polar surface area (TPSA) is 138 Å². The molecule has 1 atom stereocenters. The summed E-state index contributed by atoms with van der Waals surface area (Å²) >= 11 is 0. The fourth-order valence-electron chi connectivity index (χ4n) is 9.77. The van der Waals surface area contributed by atoms with Crippen molar-refractivity contribution in [1.82, 2.24) is 8.47 Å². The van der Waals surface area contributed by atoms with E-state index in [1.165, 1.54) is 0 Å². The van der Waals surface area contributed by atoms with Crippen LogP contribution in [-0.4, -0.2) is 44.5 Å². The molecular formula is C49H28N8O2Si. The first-order valence-electron chi connectivity index (χ1n) is 19.7. The second kappa shape index (κ2) is 10.9. The zero-order chi connectivity index (χ0) is 39.6. The molecule has 60 heavy (non-hydrogen) atoms. The number of hydrogen-bond acceptors (Lipinski definition) is 8. The highest BCUT2D eigenvalue weighted by atomic mass is 28.4. The lowest BCUT2D eigenvalue weighted by Gasteiger charge is -2.30. The van der Waals surface area contributed by atoms with Crippen LogP contribution in [0, 0.1) is 0 Å². The number of hydrogen-bond donors (Lipinski definition) is 3. The zero-order valence-corrected chi connectivity index (χ0v) is 32.5. The molecule has 0 saturated heterocycles. The number of aromatic nitrogens is 2. The molecule has 2 aromatic heterocycles. The highest BCUT2D eigenvalue weighted by molar-refractivity contribution is 6.78.